The summed E-state index contributed by atoms with van der Waals surface area (Å²) in [5, 5.41) is 9.05. The van der Waals surface area contributed by atoms with Crippen molar-refractivity contribution in [2.75, 3.05) is 6.54 Å². The van der Waals surface area contributed by atoms with Gasteiger partial charge in [-0.05, 0) is 25.3 Å². The maximum atomic E-state index is 5.70. The van der Waals surface area contributed by atoms with E-state index in [9.17, 15) is 0 Å². The Kier molecular flexibility index (Phi) is 3.08. The molecule has 4 nitrogen and oxygen atoms in total. The van der Waals surface area contributed by atoms with Gasteiger partial charge in [0.25, 0.3) is 5.22 Å². The summed E-state index contributed by atoms with van der Waals surface area (Å²) in [5.41, 5.74) is 5.70. The van der Waals surface area contributed by atoms with Crippen molar-refractivity contribution in [3.63, 3.8) is 0 Å². The van der Waals surface area contributed by atoms with Gasteiger partial charge in [-0.25, -0.2) is 0 Å². The summed E-state index contributed by atoms with van der Waals surface area (Å²) < 4.78 is 5.34. The summed E-state index contributed by atoms with van der Waals surface area (Å²) in [6.45, 7) is 2.58. The van der Waals surface area contributed by atoms with Crippen LogP contribution >= 0.6 is 11.8 Å². The molecular formula is C9H15N3OS. The summed E-state index contributed by atoms with van der Waals surface area (Å²) in [7, 11) is 0. The molecule has 1 aromatic rings. The van der Waals surface area contributed by atoms with Gasteiger partial charge in [0.1, 0.15) is 0 Å². The Labute approximate surface area is 87.6 Å². The first-order valence-electron chi connectivity index (χ1n) is 4.96. The number of hydrogen-bond acceptors (Lipinski definition) is 5. The summed E-state index contributed by atoms with van der Waals surface area (Å²) in [6.07, 6.45) is 3.72. The molecule has 1 aliphatic rings. The zero-order chi connectivity index (χ0) is 9.97. The smallest absolute Gasteiger partial charge is 0.276 e. The van der Waals surface area contributed by atoms with Crippen LogP contribution in [0.4, 0.5) is 0 Å². The van der Waals surface area contributed by atoms with Crippen LogP contribution in [0.2, 0.25) is 0 Å². The van der Waals surface area contributed by atoms with Gasteiger partial charge in [-0.15, -0.1) is 10.2 Å². The van der Waals surface area contributed by atoms with Gasteiger partial charge >= 0.3 is 0 Å². The summed E-state index contributed by atoms with van der Waals surface area (Å²) >= 11 is 1.68. The average molecular weight is 213 g/mol. The second-order valence-electron chi connectivity index (χ2n) is 3.67. The van der Waals surface area contributed by atoms with Crippen LogP contribution in [0.5, 0.6) is 0 Å². The Hall–Kier alpha value is -0.550. The fourth-order valence-corrected chi connectivity index (χ4v) is 3.12. The van der Waals surface area contributed by atoms with Gasteiger partial charge in [0.15, 0.2) is 0 Å². The molecule has 0 saturated heterocycles. The van der Waals surface area contributed by atoms with Crippen molar-refractivity contribution in [2.24, 2.45) is 11.7 Å². The van der Waals surface area contributed by atoms with Crippen LogP contribution < -0.4 is 5.73 Å². The zero-order valence-electron chi connectivity index (χ0n) is 8.27. The molecule has 0 aliphatic heterocycles. The van der Waals surface area contributed by atoms with Crippen LogP contribution in [0.25, 0.3) is 0 Å². The minimum atomic E-state index is 0.569. The number of nitrogens with two attached hydrogens (primary N) is 1. The summed E-state index contributed by atoms with van der Waals surface area (Å²) in [5.74, 6) is 1.25. The van der Waals surface area contributed by atoms with Crippen LogP contribution in [0.3, 0.4) is 0 Å². The molecule has 0 radical (unpaired) electrons. The van der Waals surface area contributed by atoms with E-state index in [4.69, 9.17) is 10.2 Å². The quantitative estimate of drug-likeness (QED) is 0.826. The van der Waals surface area contributed by atoms with Crippen molar-refractivity contribution in [3.8, 4) is 0 Å². The largest absolute Gasteiger partial charge is 0.416 e. The van der Waals surface area contributed by atoms with Gasteiger partial charge < -0.3 is 10.2 Å². The first-order valence-corrected chi connectivity index (χ1v) is 5.84. The highest BCUT2D eigenvalue weighted by Crippen LogP contribution is 2.37. The molecule has 5 heteroatoms. The molecule has 14 heavy (non-hydrogen) atoms. The molecule has 2 N–H and O–H groups in total. The second-order valence-corrected chi connectivity index (χ2v) is 4.86. The monoisotopic (exact) mass is 213 g/mol. The van der Waals surface area contributed by atoms with Gasteiger partial charge in [0.05, 0.1) is 0 Å². The van der Waals surface area contributed by atoms with E-state index in [0.717, 1.165) is 6.54 Å². The lowest BCUT2D eigenvalue weighted by atomic mass is 10.1. The van der Waals surface area contributed by atoms with Crippen LogP contribution in [0.1, 0.15) is 25.2 Å². The molecule has 0 aromatic carbocycles. The van der Waals surface area contributed by atoms with Crippen molar-refractivity contribution < 1.29 is 4.42 Å². The molecule has 0 bridgehead atoms. The van der Waals surface area contributed by atoms with Crippen molar-refractivity contribution in [1.82, 2.24) is 10.2 Å². The van der Waals surface area contributed by atoms with E-state index in [1.165, 1.54) is 19.3 Å². The Morgan fingerprint density at radius 1 is 1.50 bits per heavy atom. The lowest BCUT2D eigenvalue weighted by molar-refractivity contribution is 0.426. The number of hydrogen-bond donors (Lipinski definition) is 1. The molecule has 1 aliphatic carbocycles. The van der Waals surface area contributed by atoms with Crippen molar-refractivity contribution in [3.05, 3.63) is 5.89 Å². The predicted octanol–water partition coefficient (Wildman–Crippen LogP) is 1.60. The molecule has 1 aromatic heterocycles. The van der Waals surface area contributed by atoms with Gasteiger partial charge in [-0.3, -0.25) is 0 Å². The molecule has 1 saturated carbocycles. The third-order valence-corrected chi connectivity index (χ3v) is 3.94. The topological polar surface area (TPSA) is 64.9 Å². The van der Waals surface area contributed by atoms with E-state index >= 15 is 0 Å². The van der Waals surface area contributed by atoms with E-state index in [-0.39, 0.29) is 0 Å². The maximum Gasteiger partial charge on any atom is 0.276 e. The highest BCUT2D eigenvalue weighted by molar-refractivity contribution is 7.99. The fourth-order valence-electron chi connectivity index (χ4n) is 1.88. The average Bonchev–Trinajstić information content (AvgIpc) is 2.76. The molecule has 0 amide bonds. The number of thioether (sulfide) groups is 1. The van der Waals surface area contributed by atoms with E-state index < -0.39 is 0 Å². The molecule has 78 valence electrons. The minimum absolute atomic E-state index is 0.569. The van der Waals surface area contributed by atoms with Crippen molar-refractivity contribution in [2.45, 2.75) is 36.7 Å². The fraction of sp³-hybridized carbons (Fsp3) is 0.778. The van der Waals surface area contributed by atoms with Gasteiger partial charge in [-0.1, -0.05) is 18.2 Å². The van der Waals surface area contributed by atoms with E-state index in [1.807, 2.05) is 6.92 Å². The summed E-state index contributed by atoms with van der Waals surface area (Å²) in [4.78, 5) is 0. The second kappa shape index (κ2) is 4.31. The van der Waals surface area contributed by atoms with E-state index in [1.54, 1.807) is 11.8 Å². The van der Waals surface area contributed by atoms with Crippen LogP contribution in [-0.2, 0) is 0 Å². The normalized spacial score (nSPS) is 27.0. The standard InChI is InChI=1S/C9H15N3OS/c1-6-11-12-9(13-6)14-8-4-2-3-7(8)5-10/h7-8H,2-5,10H2,1H3. The van der Waals surface area contributed by atoms with Crippen LogP contribution in [0, 0.1) is 12.8 Å². The van der Waals surface area contributed by atoms with Crippen molar-refractivity contribution >= 4 is 11.8 Å². The predicted molar refractivity (Wildman–Crippen MR) is 55.1 cm³/mol. The highest BCUT2D eigenvalue weighted by atomic mass is 32.2. The molecule has 2 atom stereocenters. The van der Waals surface area contributed by atoms with Gasteiger partial charge in [0.2, 0.25) is 5.89 Å². The number of rotatable bonds is 3. The van der Waals surface area contributed by atoms with Gasteiger partial charge in [0, 0.05) is 12.2 Å². The van der Waals surface area contributed by atoms with Crippen LogP contribution in [0.15, 0.2) is 9.64 Å². The number of aryl methyl sites for hydroxylation is 1. The Morgan fingerprint density at radius 3 is 3.00 bits per heavy atom. The lowest BCUT2D eigenvalue weighted by Gasteiger charge is -2.14. The highest BCUT2D eigenvalue weighted by Gasteiger charge is 2.28. The SMILES string of the molecule is Cc1nnc(SC2CCCC2CN)o1. The Balaban J connectivity index is 1.96. The molecule has 1 heterocycles. The lowest BCUT2D eigenvalue weighted by Crippen LogP contribution is -2.20. The first-order chi connectivity index (χ1) is 6.79. The molecule has 2 unspecified atom stereocenters. The first kappa shape index (κ1) is 9.98. The zero-order valence-corrected chi connectivity index (χ0v) is 9.09. The number of nitrogens with zero attached hydrogens (tertiary/aromatic N) is 2. The molecule has 2 rings (SSSR count). The van der Waals surface area contributed by atoms with E-state index in [0.29, 0.717) is 22.3 Å². The Bertz CT molecular complexity index is 302. The van der Waals surface area contributed by atoms with Gasteiger partial charge in [-0.2, -0.15) is 0 Å². The Morgan fingerprint density at radius 2 is 2.36 bits per heavy atom. The third-order valence-electron chi connectivity index (χ3n) is 2.65. The minimum Gasteiger partial charge on any atom is -0.416 e. The number of aromatic nitrogens is 2. The van der Waals surface area contributed by atoms with Crippen molar-refractivity contribution in [1.29, 1.82) is 0 Å². The molecular weight excluding hydrogens is 198 g/mol. The van der Waals surface area contributed by atoms with Crippen LogP contribution in [-0.4, -0.2) is 22.0 Å². The molecule has 1 fully saturated rings. The summed E-state index contributed by atoms with van der Waals surface area (Å²) in [6, 6.07) is 0. The molecule has 0 spiro atoms. The third kappa shape index (κ3) is 2.09. The maximum absolute atomic E-state index is 5.70. The van der Waals surface area contributed by atoms with E-state index in [2.05, 4.69) is 10.2 Å².